The number of likely N-dealkylation sites (tertiary alicyclic amines) is 1. The van der Waals surface area contributed by atoms with Crippen LogP contribution in [0.3, 0.4) is 0 Å². The van der Waals surface area contributed by atoms with Crippen molar-refractivity contribution >= 4 is 5.91 Å². The fraction of sp³-hybridized carbons (Fsp3) is 0.391. The number of carbonyl (C=O) groups is 1. The Morgan fingerprint density at radius 1 is 1.04 bits per heavy atom. The van der Waals surface area contributed by atoms with E-state index in [0.29, 0.717) is 19.6 Å². The summed E-state index contributed by atoms with van der Waals surface area (Å²) in [5, 5.41) is 10.4. The fourth-order valence-corrected chi connectivity index (χ4v) is 4.19. The number of piperidine rings is 1. The van der Waals surface area contributed by atoms with Crippen LogP contribution in [0, 0.1) is 17.2 Å². The summed E-state index contributed by atoms with van der Waals surface area (Å²) in [7, 11) is 3.83. The van der Waals surface area contributed by atoms with Gasteiger partial charge in [0.05, 0.1) is 12.6 Å². The van der Waals surface area contributed by atoms with E-state index in [4.69, 9.17) is 0 Å². The first-order valence-corrected chi connectivity index (χ1v) is 9.52. The molecule has 1 heterocycles. The molecule has 140 valence electrons. The van der Waals surface area contributed by atoms with E-state index in [0.717, 1.165) is 24.0 Å². The van der Waals surface area contributed by atoms with Crippen LogP contribution in [-0.2, 0) is 10.2 Å². The van der Waals surface area contributed by atoms with Crippen molar-refractivity contribution < 1.29 is 4.79 Å². The van der Waals surface area contributed by atoms with Gasteiger partial charge in [0.1, 0.15) is 5.41 Å². The van der Waals surface area contributed by atoms with Crippen molar-refractivity contribution in [2.24, 2.45) is 5.92 Å². The number of carbonyl (C=O) groups excluding carboxylic acids is 1. The Morgan fingerprint density at radius 2 is 1.52 bits per heavy atom. The van der Waals surface area contributed by atoms with Crippen LogP contribution < -0.4 is 0 Å². The molecule has 0 aromatic heterocycles. The summed E-state index contributed by atoms with van der Waals surface area (Å²) in [6.07, 6.45) is 1.66. The van der Waals surface area contributed by atoms with E-state index in [1.54, 1.807) is 0 Å². The lowest BCUT2D eigenvalue weighted by Crippen LogP contribution is -2.47. The molecule has 0 spiro atoms. The lowest BCUT2D eigenvalue weighted by atomic mass is 9.64. The summed E-state index contributed by atoms with van der Waals surface area (Å²) >= 11 is 0. The highest BCUT2D eigenvalue weighted by molar-refractivity contribution is 5.78. The number of nitrogens with zero attached hydrogens (tertiary/aromatic N) is 3. The lowest BCUT2D eigenvalue weighted by Gasteiger charge is -2.41. The first kappa shape index (κ1) is 19.1. The highest BCUT2D eigenvalue weighted by atomic mass is 16.2. The van der Waals surface area contributed by atoms with Gasteiger partial charge in [-0.1, -0.05) is 60.7 Å². The Hall–Kier alpha value is -2.64. The molecule has 3 rings (SSSR count). The van der Waals surface area contributed by atoms with E-state index in [-0.39, 0.29) is 11.8 Å². The van der Waals surface area contributed by atoms with Gasteiger partial charge in [0.2, 0.25) is 5.91 Å². The molecule has 0 radical (unpaired) electrons. The molecular weight excluding hydrogens is 334 g/mol. The van der Waals surface area contributed by atoms with Crippen molar-refractivity contribution in [1.29, 1.82) is 5.26 Å². The molecule has 0 saturated carbocycles. The minimum absolute atomic E-state index is 0.167. The maximum atomic E-state index is 12.4. The number of hydrogen-bond acceptors (Lipinski definition) is 3. The van der Waals surface area contributed by atoms with Crippen molar-refractivity contribution in [3.8, 4) is 6.07 Å². The third kappa shape index (κ3) is 3.89. The summed E-state index contributed by atoms with van der Waals surface area (Å²) in [6, 6.07) is 22.9. The third-order valence-electron chi connectivity index (χ3n) is 5.55. The Bertz CT molecular complexity index is 748. The standard InChI is InChI=1S/C23H27N3O/c1-25(2)17-22(27)26-15-13-21(14-16-26)23(18-24,19-9-5-3-6-10-19)20-11-7-4-8-12-20/h3-12,21H,13-17H2,1-2H3. The van der Waals surface area contributed by atoms with Crippen molar-refractivity contribution in [2.45, 2.75) is 18.3 Å². The maximum Gasteiger partial charge on any atom is 0.236 e. The monoisotopic (exact) mass is 361 g/mol. The fourth-order valence-electron chi connectivity index (χ4n) is 4.19. The van der Waals surface area contributed by atoms with Crippen LogP contribution in [0.15, 0.2) is 60.7 Å². The van der Waals surface area contributed by atoms with Gasteiger partial charge in [-0.2, -0.15) is 5.26 Å². The molecule has 1 saturated heterocycles. The largest absolute Gasteiger partial charge is 0.342 e. The van der Waals surface area contributed by atoms with Crippen LogP contribution in [0.25, 0.3) is 0 Å². The molecule has 0 unspecified atom stereocenters. The van der Waals surface area contributed by atoms with Crippen molar-refractivity contribution in [3.63, 3.8) is 0 Å². The second kappa shape index (κ2) is 8.37. The Balaban J connectivity index is 1.90. The van der Waals surface area contributed by atoms with Crippen molar-refractivity contribution in [3.05, 3.63) is 71.8 Å². The van der Waals surface area contributed by atoms with E-state index >= 15 is 0 Å². The average molecular weight is 361 g/mol. The van der Waals surface area contributed by atoms with Gasteiger partial charge in [0, 0.05) is 13.1 Å². The van der Waals surface area contributed by atoms with Crippen LogP contribution in [-0.4, -0.2) is 49.4 Å². The number of nitriles is 1. The van der Waals surface area contributed by atoms with Gasteiger partial charge < -0.3 is 9.80 Å². The van der Waals surface area contributed by atoms with Gasteiger partial charge >= 0.3 is 0 Å². The van der Waals surface area contributed by atoms with E-state index in [9.17, 15) is 10.1 Å². The SMILES string of the molecule is CN(C)CC(=O)N1CCC(C(C#N)(c2ccccc2)c2ccccc2)CC1. The molecule has 0 aliphatic carbocycles. The van der Waals surface area contributed by atoms with Crippen LogP contribution in [0.5, 0.6) is 0 Å². The van der Waals surface area contributed by atoms with Crippen LogP contribution >= 0.6 is 0 Å². The average Bonchev–Trinajstić information content (AvgIpc) is 2.71. The van der Waals surface area contributed by atoms with Gasteiger partial charge in [-0.05, 0) is 44.0 Å². The number of rotatable bonds is 5. The molecule has 0 bridgehead atoms. The van der Waals surface area contributed by atoms with E-state index in [1.807, 2.05) is 60.3 Å². The van der Waals surface area contributed by atoms with Gasteiger partial charge in [0.25, 0.3) is 0 Å². The van der Waals surface area contributed by atoms with Gasteiger partial charge in [-0.15, -0.1) is 0 Å². The zero-order valence-electron chi connectivity index (χ0n) is 16.1. The normalized spacial score (nSPS) is 15.6. The summed E-state index contributed by atoms with van der Waals surface area (Å²) in [4.78, 5) is 16.2. The maximum absolute atomic E-state index is 12.4. The van der Waals surface area contributed by atoms with E-state index in [2.05, 4.69) is 30.3 Å². The van der Waals surface area contributed by atoms with Gasteiger partial charge in [0.15, 0.2) is 0 Å². The highest BCUT2D eigenvalue weighted by Gasteiger charge is 2.44. The third-order valence-corrected chi connectivity index (χ3v) is 5.55. The minimum Gasteiger partial charge on any atom is -0.342 e. The lowest BCUT2D eigenvalue weighted by molar-refractivity contribution is -0.133. The van der Waals surface area contributed by atoms with Crippen molar-refractivity contribution in [1.82, 2.24) is 9.80 Å². The molecule has 0 atom stereocenters. The van der Waals surface area contributed by atoms with Crippen LogP contribution in [0.2, 0.25) is 0 Å². The number of benzene rings is 2. The second-order valence-electron chi connectivity index (χ2n) is 7.54. The number of hydrogen-bond donors (Lipinski definition) is 0. The summed E-state index contributed by atoms with van der Waals surface area (Å²) < 4.78 is 0. The topological polar surface area (TPSA) is 47.3 Å². The molecule has 2 aromatic rings. The number of likely N-dealkylation sites (N-methyl/N-ethyl adjacent to an activating group) is 1. The molecule has 1 fully saturated rings. The zero-order chi connectivity index (χ0) is 19.3. The van der Waals surface area contributed by atoms with Crippen molar-refractivity contribution in [2.75, 3.05) is 33.7 Å². The van der Waals surface area contributed by atoms with E-state index in [1.165, 1.54) is 0 Å². The molecule has 1 aliphatic heterocycles. The summed E-state index contributed by atoms with van der Waals surface area (Å²) in [5.74, 6) is 0.344. The molecule has 1 aliphatic rings. The predicted octanol–water partition coefficient (Wildman–Crippen LogP) is 3.30. The molecule has 4 heteroatoms. The molecular formula is C23H27N3O. The summed E-state index contributed by atoms with van der Waals surface area (Å²) in [5.41, 5.74) is 1.40. The van der Waals surface area contributed by atoms with E-state index < -0.39 is 5.41 Å². The van der Waals surface area contributed by atoms with Gasteiger partial charge in [-0.3, -0.25) is 4.79 Å². The second-order valence-corrected chi connectivity index (χ2v) is 7.54. The molecule has 4 nitrogen and oxygen atoms in total. The first-order chi connectivity index (χ1) is 13.1. The number of amides is 1. The minimum atomic E-state index is -0.681. The Labute approximate surface area is 162 Å². The Morgan fingerprint density at radius 3 is 1.93 bits per heavy atom. The Kier molecular flexibility index (Phi) is 5.93. The van der Waals surface area contributed by atoms with Crippen LogP contribution in [0.4, 0.5) is 0 Å². The first-order valence-electron chi connectivity index (χ1n) is 9.52. The molecule has 2 aromatic carbocycles. The molecule has 1 amide bonds. The van der Waals surface area contributed by atoms with Gasteiger partial charge in [-0.25, -0.2) is 0 Å². The summed E-state index contributed by atoms with van der Waals surface area (Å²) in [6.45, 7) is 1.85. The quantitative estimate of drug-likeness (QED) is 0.821. The molecule has 0 N–H and O–H groups in total. The highest BCUT2D eigenvalue weighted by Crippen LogP contribution is 2.43. The smallest absolute Gasteiger partial charge is 0.236 e. The predicted molar refractivity (Wildman–Crippen MR) is 107 cm³/mol. The zero-order valence-corrected chi connectivity index (χ0v) is 16.1. The molecule has 27 heavy (non-hydrogen) atoms. The van der Waals surface area contributed by atoms with Crippen LogP contribution in [0.1, 0.15) is 24.0 Å².